The number of carbonyl (C=O) groups excluding carboxylic acids is 1. The summed E-state index contributed by atoms with van der Waals surface area (Å²) < 4.78 is 51.7. The Morgan fingerprint density at radius 1 is 1.32 bits per heavy atom. The Balaban J connectivity index is 1.58. The second-order valence-corrected chi connectivity index (χ2v) is 7.74. The molecule has 2 aliphatic rings. The quantitative estimate of drug-likeness (QED) is 0.836. The van der Waals surface area contributed by atoms with Gasteiger partial charge in [0.15, 0.2) is 0 Å². The molecule has 0 saturated heterocycles. The Morgan fingerprint density at radius 3 is 2.59 bits per heavy atom. The normalized spacial score (nSPS) is 22.9. The van der Waals surface area contributed by atoms with Gasteiger partial charge in [-0.15, -0.1) is 0 Å². The molecule has 2 fully saturated rings. The maximum absolute atomic E-state index is 12.8. The highest BCUT2D eigenvalue weighted by atomic mass is 32.2. The molecule has 8 heteroatoms. The molecule has 2 N–H and O–H groups in total. The van der Waals surface area contributed by atoms with E-state index in [1.54, 1.807) is 24.3 Å². The molecule has 1 atom stereocenters. The van der Waals surface area contributed by atoms with Crippen molar-refractivity contribution in [2.24, 2.45) is 5.92 Å². The fourth-order valence-corrected chi connectivity index (χ4v) is 3.56. The number of carbonyl (C=O) groups is 1. The van der Waals surface area contributed by atoms with Crippen LogP contribution in [-0.4, -0.2) is 25.5 Å². The lowest BCUT2D eigenvalue weighted by Gasteiger charge is -2.09. The Hall–Kier alpha value is -1.70. The lowest BCUT2D eigenvalue weighted by molar-refractivity contribution is -0.124. The van der Waals surface area contributed by atoms with Crippen molar-refractivity contribution in [3.8, 4) is 0 Å². The Kier molecular flexibility index (Phi) is 3.58. The van der Waals surface area contributed by atoms with Gasteiger partial charge in [0.2, 0.25) is 15.9 Å². The van der Waals surface area contributed by atoms with Crippen LogP contribution in [0.15, 0.2) is 24.3 Å². The summed E-state index contributed by atoms with van der Waals surface area (Å²) in [6.07, 6.45) is 0.932. The molecule has 0 heterocycles. The molecule has 120 valence electrons. The lowest BCUT2D eigenvalue weighted by atomic mass is 10.2. The van der Waals surface area contributed by atoms with E-state index in [-0.39, 0.29) is 11.8 Å². The van der Waals surface area contributed by atoms with Crippen molar-refractivity contribution in [2.45, 2.75) is 37.0 Å². The minimum atomic E-state index is -3.34. The van der Waals surface area contributed by atoms with Crippen molar-refractivity contribution in [1.82, 2.24) is 5.32 Å². The van der Waals surface area contributed by atoms with Gasteiger partial charge >= 0.3 is 0 Å². The molecule has 1 unspecified atom stereocenters. The molecule has 3 rings (SSSR count). The highest BCUT2D eigenvalue weighted by molar-refractivity contribution is 7.93. The third-order valence-electron chi connectivity index (χ3n) is 3.76. The Bertz CT molecular complexity index is 702. The molecule has 1 aromatic carbocycles. The zero-order chi connectivity index (χ0) is 16.0. The van der Waals surface area contributed by atoms with Gasteiger partial charge in [0.25, 0.3) is 5.92 Å². The van der Waals surface area contributed by atoms with Crippen LogP contribution < -0.4 is 10.0 Å². The van der Waals surface area contributed by atoms with Crippen molar-refractivity contribution in [3.63, 3.8) is 0 Å². The number of hydrogen-bond acceptors (Lipinski definition) is 3. The van der Waals surface area contributed by atoms with Crippen LogP contribution in [0.4, 0.5) is 14.5 Å². The van der Waals surface area contributed by atoms with Crippen LogP contribution in [0.25, 0.3) is 0 Å². The van der Waals surface area contributed by atoms with Crippen molar-refractivity contribution < 1.29 is 22.0 Å². The van der Waals surface area contributed by atoms with E-state index in [0.29, 0.717) is 24.1 Å². The number of amides is 1. The number of halogens is 2. The van der Waals surface area contributed by atoms with Gasteiger partial charge in [0.1, 0.15) is 5.92 Å². The molecular formula is C14H16F2N2O3S. The van der Waals surface area contributed by atoms with Gasteiger partial charge < -0.3 is 5.32 Å². The van der Waals surface area contributed by atoms with Crippen LogP contribution in [0.2, 0.25) is 0 Å². The number of nitrogens with one attached hydrogen (secondary N) is 2. The average Bonchev–Trinajstić information content (AvgIpc) is 3.32. The Labute approximate surface area is 127 Å². The zero-order valence-corrected chi connectivity index (χ0v) is 12.5. The van der Waals surface area contributed by atoms with Crippen LogP contribution in [0.1, 0.15) is 24.8 Å². The number of sulfonamides is 1. The third-order valence-corrected chi connectivity index (χ3v) is 5.63. The molecular weight excluding hydrogens is 314 g/mol. The minimum Gasteiger partial charge on any atom is -0.352 e. The summed E-state index contributed by atoms with van der Waals surface area (Å²) in [4.78, 5) is 11.5. The van der Waals surface area contributed by atoms with Gasteiger partial charge in [-0.25, -0.2) is 17.2 Å². The predicted molar refractivity (Wildman–Crippen MR) is 76.9 cm³/mol. The smallest absolute Gasteiger partial charge is 0.260 e. The molecule has 2 saturated carbocycles. The van der Waals surface area contributed by atoms with Crippen molar-refractivity contribution in [1.29, 1.82) is 0 Å². The molecule has 0 aliphatic heterocycles. The third kappa shape index (κ3) is 3.37. The van der Waals surface area contributed by atoms with E-state index < -0.39 is 34.2 Å². The zero-order valence-electron chi connectivity index (χ0n) is 11.7. The summed E-state index contributed by atoms with van der Waals surface area (Å²) in [6, 6.07) is 6.55. The fourth-order valence-electron chi connectivity index (χ4n) is 2.18. The number of anilines is 1. The molecule has 2 aliphatic carbocycles. The maximum Gasteiger partial charge on any atom is 0.260 e. The minimum absolute atomic E-state index is 0.0877. The number of alkyl halides is 2. The van der Waals surface area contributed by atoms with Crippen LogP contribution in [0.3, 0.4) is 0 Å². The van der Waals surface area contributed by atoms with Crippen LogP contribution in [0.5, 0.6) is 0 Å². The van der Waals surface area contributed by atoms with Crippen molar-refractivity contribution >= 4 is 21.6 Å². The summed E-state index contributed by atoms with van der Waals surface area (Å²) in [7, 11) is -3.34. The Morgan fingerprint density at radius 2 is 2.00 bits per heavy atom. The summed E-state index contributed by atoms with van der Waals surface area (Å²) in [5.74, 6) is -4.79. The van der Waals surface area contributed by atoms with E-state index in [1.165, 1.54) is 0 Å². The molecule has 22 heavy (non-hydrogen) atoms. The molecule has 0 aromatic heterocycles. The first-order valence-electron chi connectivity index (χ1n) is 7.04. The van der Waals surface area contributed by atoms with Crippen molar-refractivity contribution in [3.05, 3.63) is 29.8 Å². The van der Waals surface area contributed by atoms with Gasteiger partial charge in [0, 0.05) is 18.7 Å². The van der Waals surface area contributed by atoms with Gasteiger partial charge in [0.05, 0.1) is 5.25 Å². The summed E-state index contributed by atoms with van der Waals surface area (Å²) in [5.41, 5.74) is 1.06. The molecule has 0 spiro atoms. The largest absolute Gasteiger partial charge is 0.352 e. The maximum atomic E-state index is 12.8. The van der Waals surface area contributed by atoms with E-state index in [2.05, 4.69) is 10.0 Å². The van der Waals surface area contributed by atoms with Gasteiger partial charge in [-0.05, 0) is 30.5 Å². The fraction of sp³-hybridized carbons (Fsp3) is 0.500. The first-order chi connectivity index (χ1) is 10.3. The molecule has 0 bridgehead atoms. The molecule has 0 radical (unpaired) electrons. The van der Waals surface area contributed by atoms with E-state index in [9.17, 15) is 22.0 Å². The summed E-state index contributed by atoms with van der Waals surface area (Å²) >= 11 is 0. The monoisotopic (exact) mass is 330 g/mol. The molecule has 5 nitrogen and oxygen atoms in total. The second-order valence-electron chi connectivity index (χ2n) is 5.78. The van der Waals surface area contributed by atoms with Crippen molar-refractivity contribution in [2.75, 3.05) is 4.72 Å². The standard InChI is InChI=1S/C14H16F2N2O3S/c15-14(16)7-12(14)13(19)17-8-9-2-1-3-10(6-9)18-22(20,21)11-4-5-11/h1-3,6,11-12,18H,4-5,7-8H2,(H,17,19). The highest BCUT2D eigenvalue weighted by Gasteiger charge is 2.61. The lowest BCUT2D eigenvalue weighted by Crippen LogP contribution is -2.26. The summed E-state index contributed by atoms with van der Waals surface area (Å²) in [6.45, 7) is 0.0877. The van der Waals surface area contributed by atoms with Crippen LogP contribution in [-0.2, 0) is 21.4 Å². The second kappa shape index (κ2) is 5.19. The predicted octanol–water partition coefficient (Wildman–Crippen LogP) is 1.86. The SMILES string of the molecule is O=C(NCc1cccc(NS(=O)(=O)C2CC2)c1)C1CC1(F)F. The van der Waals surface area contributed by atoms with Crippen LogP contribution in [0, 0.1) is 5.92 Å². The molecule has 1 aromatic rings. The van der Waals surface area contributed by atoms with Gasteiger partial charge in [-0.2, -0.15) is 0 Å². The van der Waals surface area contributed by atoms with E-state index in [4.69, 9.17) is 0 Å². The van der Waals surface area contributed by atoms with Crippen LogP contribution >= 0.6 is 0 Å². The average molecular weight is 330 g/mol. The number of hydrogen-bond donors (Lipinski definition) is 2. The number of benzene rings is 1. The topological polar surface area (TPSA) is 75.3 Å². The first-order valence-corrected chi connectivity index (χ1v) is 8.59. The van der Waals surface area contributed by atoms with Gasteiger partial charge in [-0.3, -0.25) is 9.52 Å². The van der Waals surface area contributed by atoms with E-state index >= 15 is 0 Å². The number of rotatable bonds is 6. The summed E-state index contributed by atoms with van der Waals surface area (Å²) in [5, 5.41) is 2.12. The van der Waals surface area contributed by atoms with E-state index in [0.717, 1.165) is 0 Å². The first kappa shape index (κ1) is 15.2. The molecule has 1 amide bonds. The van der Waals surface area contributed by atoms with E-state index in [1.807, 2.05) is 0 Å². The van der Waals surface area contributed by atoms with Gasteiger partial charge in [-0.1, -0.05) is 12.1 Å². The highest BCUT2D eigenvalue weighted by Crippen LogP contribution is 2.48.